The first-order chi connectivity index (χ1) is 15.3. The maximum atomic E-state index is 12.9. The fourth-order valence-corrected chi connectivity index (χ4v) is 4.76. The summed E-state index contributed by atoms with van der Waals surface area (Å²) in [5.74, 6) is -0.310. The molecule has 1 aromatic carbocycles. The van der Waals surface area contributed by atoms with Gasteiger partial charge in [0.25, 0.3) is 11.5 Å². The lowest BCUT2D eigenvalue weighted by molar-refractivity contribution is 0.101. The minimum atomic E-state index is -0.615. The van der Waals surface area contributed by atoms with Crippen LogP contribution in [0.2, 0.25) is 0 Å². The molecule has 2 aromatic heterocycles. The standard InChI is InChI=1S/C23H27N5O3S/c1-14-7-9-27(10-8-14)13-19-16(3)24-23(32-19)25-22(31)21-18(29)12-20(30)28(26-21)17-6-4-5-15(2)11-17/h4-6,11-12,14,29H,7-10,13H2,1-3H3,(H,24,25,31). The van der Waals surface area contributed by atoms with E-state index < -0.39 is 17.2 Å². The molecule has 8 nitrogen and oxygen atoms in total. The molecule has 32 heavy (non-hydrogen) atoms. The number of hydrogen-bond acceptors (Lipinski definition) is 7. The number of nitrogens with one attached hydrogen (secondary N) is 1. The van der Waals surface area contributed by atoms with Gasteiger partial charge in [0, 0.05) is 17.5 Å². The Balaban J connectivity index is 1.53. The number of benzene rings is 1. The van der Waals surface area contributed by atoms with Crippen molar-refractivity contribution in [2.24, 2.45) is 5.92 Å². The SMILES string of the molecule is Cc1cccc(-n2nc(C(=O)Nc3nc(C)c(CN4CCC(C)CC4)s3)c(O)cc2=O)c1. The lowest BCUT2D eigenvalue weighted by Gasteiger charge is -2.29. The van der Waals surface area contributed by atoms with E-state index in [1.54, 1.807) is 18.2 Å². The number of aromatic hydroxyl groups is 1. The first-order valence-corrected chi connectivity index (χ1v) is 11.5. The Morgan fingerprint density at radius 2 is 2.00 bits per heavy atom. The molecule has 0 aliphatic carbocycles. The lowest BCUT2D eigenvalue weighted by atomic mass is 9.99. The van der Waals surface area contributed by atoms with Gasteiger partial charge in [-0.05, 0) is 63.4 Å². The van der Waals surface area contributed by atoms with E-state index in [-0.39, 0.29) is 5.69 Å². The maximum absolute atomic E-state index is 12.9. The number of carbonyl (C=O) groups excluding carboxylic acids is 1. The number of likely N-dealkylation sites (tertiary alicyclic amines) is 1. The van der Waals surface area contributed by atoms with Gasteiger partial charge in [0.2, 0.25) is 0 Å². The summed E-state index contributed by atoms with van der Waals surface area (Å²) in [6.45, 7) is 9.07. The van der Waals surface area contributed by atoms with Gasteiger partial charge in [-0.15, -0.1) is 11.3 Å². The zero-order valence-corrected chi connectivity index (χ0v) is 19.3. The van der Waals surface area contributed by atoms with Gasteiger partial charge in [-0.2, -0.15) is 9.78 Å². The summed E-state index contributed by atoms with van der Waals surface area (Å²) in [6.07, 6.45) is 2.39. The summed E-state index contributed by atoms with van der Waals surface area (Å²) in [7, 11) is 0. The van der Waals surface area contributed by atoms with E-state index in [1.165, 1.54) is 24.2 Å². The van der Waals surface area contributed by atoms with E-state index in [0.717, 1.165) is 52.4 Å². The van der Waals surface area contributed by atoms with Crippen molar-refractivity contribution in [1.29, 1.82) is 0 Å². The molecule has 0 radical (unpaired) electrons. The van der Waals surface area contributed by atoms with Crippen molar-refractivity contribution in [2.45, 2.75) is 40.2 Å². The zero-order valence-electron chi connectivity index (χ0n) is 18.5. The number of aryl methyl sites for hydroxylation is 2. The molecule has 2 N–H and O–H groups in total. The quantitative estimate of drug-likeness (QED) is 0.613. The average molecular weight is 454 g/mol. The molecular formula is C23H27N5O3S. The van der Waals surface area contributed by atoms with Crippen LogP contribution in [0.15, 0.2) is 35.1 Å². The maximum Gasteiger partial charge on any atom is 0.281 e. The number of nitrogens with zero attached hydrogens (tertiary/aromatic N) is 4. The van der Waals surface area contributed by atoms with Gasteiger partial charge in [-0.1, -0.05) is 19.1 Å². The summed E-state index contributed by atoms with van der Waals surface area (Å²) < 4.78 is 1.11. The van der Waals surface area contributed by atoms with Gasteiger partial charge >= 0.3 is 0 Å². The summed E-state index contributed by atoms with van der Waals surface area (Å²) in [6, 6.07) is 8.20. The minimum Gasteiger partial charge on any atom is -0.505 e. The third-order valence-electron chi connectivity index (χ3n) is 5.73. The van der Waals surface area contributed by atoms with Crippen molar-refractivity contribution in [3.63, 3.8) is 0 Å². The van der Waals surface area contributed by atoms with Gasteiger partial charge < -0.3 is 5.11 Å². The summed E-state index contributed by atoms with van der Waals surface area (Å²) >= 11 is 1.43. The van der Waals surface area contributed by atoms with Crippen molar-refractivity contribution in [3.05, 3.63) is 62.5 Å². The fourth-order valence-electron chi connectivity index (χ4n) is 3.76. The second-order valence-electron chi connectivity index (χ2n) is 8.41. The number of aromatic nitrogens is 3. The van der Waals surface area contributed by atoms with Gasteiger partial charge in [-0.25, -0.2) is 4.98 Å². The minimum absolute atomic E-state index is 0.231. The number of amides is 1. The summed E-state index contributed by atoms with van der Waals surface area (Å²) in [5.41, 5.74) is 1.60. The second kappa shape index (κ2) is 9.22. The third kappa shape index (κ3) is 4.89. The van der Waals surface area contributed by atoms with E-state index >= 15 is 0 Å². The van der Waals surface area contributed by atoms with Crippen LogP contribution in [0.1, 0.15) is 46.4 Å². The van der Waals surface area contributed by atoms with E-state index in [2.05, 4.69) is 27.2 Å². The fraction of sp³-hybridized carbons (Fsp3) is 0.391. The molecule has 3 heterocycles. The molecule has 0 atom stereocenters. The van der Waals surface area contributed by atoms with Crippen molar-refractivity contribution >= 4 is 22.4 Å². The van der Waals surface area contributed by atoms with Crippen molar-refractivity contribution < 1.29 is 9.90 Å². The Morgan fingerprint density at radius 1 is 1.25 bits per heavy atom. The van der Waals surface area contributed by atoms with Crippen LogP contribution in [0.25, 0.3) is 5.69 Å². The topological polar surface area (TPSA) is 100 Å². The smallest absolute Gasteiger partial charge is 0.281 e. The van der Waals surface area contributed by atoms with Crippen molar-refractivity contribution in [3.8, 4) is 11.4 Å². The molecule has 0 saturated carbocycles. The highest BCUT2D eigenvalue weighted by Gasteiger charge is 2.21. The van der Waals surface area contributed by atoms with E-state index in [4.69, 9.17) is 0 Å². The predicted octanol–water partition coefficient (Wildman–Crippen LogP) is 3.50. The van der Waals surface area contributed by atoms with Crippen LogP contribution in [0, 0.1) is 19.8 Å². The molecule has 168 valence electrons. The predicted molar refractivity (Wildman–Crippen MR) is 125 cm³/mol. The van der Waals surface area contributed by atoms with Gasteiger partial charge in [0.15, 0.2) is 16.6 Å². The van der Waals surface area contributed by atoms with E-state index in [0.29, 0.717) is 10.8 Å². The van der Waals surface area contributed by atoms with Crippen molar-refractivity contribution in [1.82, 2.24) is 19.7 Å². The highest BCUT2D eigenvalue weighted by atomic mass is 32.1. The molecule has 0 unspecified atom stereocenters. The Morgan fingerprint density at radius 3 is 2.72 bits per heavy atom. The molecule has 1 amide bonds. The van der Waals surface area contributed by atoms with E-state index in [1.807, 2.05) is 19.9 Å². The molecule has 1 aliphatic rings. The Labute approximate surface area is 190 Å². The van der Waals surface area contributed by atoms with Crippen LogP contribution in [-0.2, 0) is 6.54 Å². The average Bonchev–Trinajstić information content (AvgIpc) is 3.08. The Bertz CT molecular complexity index is 1190. The van der Waals surface area contributed by atoms with Crippen LogP contribution in [-0.4, -0.2) is 43.8 Å². The Hall–Kier alpha value is -3.04. The molecule has 0 bridgehead atoms. The van der Waals surface area contributed by atoms with Gasteiger partial charge in [0.05, 0.1) is 11.4 Å². The van der Waals surface area contributed by atoms with Crippen molar-refractivity contribution in [2.75, 3.05) is 18.4 Å². The lowest BCUT2D eigenvalue weighted by Crippen LogP contribution is -2.32. The molecule has 3 aromatic rings. The van der Waals surface area contributed by atoms with Crippen LogP contribution in [0.4, 0.5) is 5.13 Å². The number of carbonyl (C=O) groups is 1. The number of hydrogen-bond donors (Lipinski definition) is 2. The first-order valence-electron chi connectivity index (χ1n) is 10.7. The summed E-state index contributed by atoms with van der Waals surface area (Å²) in [5, 5.41) is 17.5. The van der Waals surface area contributed by atoms with E-state index in [9.17, 15) is 14.7 Å². The second-order valence-corrected chi connectivity index (χ2v) is 9.49. The van der Waals surface area contributed by atoms with Gasteiger partial charge in [0.1, 0.15) is 0 Å². The van der Waals surface area contributed by atoms with Crippen LogP contribution >= 0.6 is 11.3 Å². The highest BCUT2D eigenvalue weighted by molar-refractivity contribution is 7.15. The largest absolute Gasteiger partial charge is 0.505 e. The third-order valence-corrected chi connectivity index (χ3v) is 6.79. The van der Waals surface area contributed by atoms with Crippen LogP contribution in [0.5, 0.6) is 5.75 Å². The van der Waals surface area contributed by atoms with Crippen LogP contribution < -0.4 is 10.9 Å². The summed E-state index contributed by atoms with van der Waals surface area (Å²) in [4.78, 5) is 33.2. The number of piperidine rings is 1. The number of rotatable bonds is 5. The highest BCUT2D eigenvalue weighted by Crippen LogP contribution is 2.27. The number of anilines is 1. The molecule has 4 rings (SSSR count). The molecule has 0 spiro atoms. The first kappa shape index (κ1) is 22.2. The number of thiazole rings is 1. The normalized spacial score (nSPS) is 15.1. The monoisotopic (exact) mass is 453 g/mol. The molecule has 9 heteroatoms. The van der Waals surface area contributed by atoms with Gasteiger partial charge in [-0.3, -0.25) is 19.8 Å². The van der Waals surface area contributed by atoms with Crippen LogP contribution in [0.3, 0.4) is 0 Å². The molecule has 1 saturated heterocycles. The zero-order chi connectivity index (χ0) is 22.8. The molecule has 1 fully saturated rings. The molecular weight excluding hydrogens is 426 g/mol. The Kier molecular flexibility index (Phi) is 6.38. The molecule has 1 aliphatic heterocycles.